The van der Waals surface area contributed by atoms with Gasteiger partial charge in [0.1, 0.15) is 29.7 Å². The van der Waals surface area contributed by atoms with E-state index in [9.17, 15) is 18.4 Å². The summed E-state index contributed by atoms with van der Waals surface area (Å²) >= 11 is 0. The van der Waals surface area contributed by atoms with Gasteiger partial charge in [-0.3, -0.25) is 9.48 Å². The van der Waals surface area contributed by atoms with Gasteiger partial charge in [-0.05, 0) is 29.8 Å². The fourth-order valence-electron chi connectivity index (χ4n) is 3.61. The van der Waals surface area contributed by atoms with Gasteiger partial charge in [0, 0.05) is 12.7 Å². The molecule has 0 bridgehead atoms. The predicted octanol–water partition coefficient (Wildman–Crippen LogP) is 3.01. The minimum absolute atomic E-state index is 0.0182. The van der Waals surface area contributed by atoms with Crippen LogP contribution in [0, 0.1) is 11.6 Å². The highest BCUT2D eigenvalue weighted by Crippen LogP contribution is 2.43. The number of nitrogens with zero attached hydrogens (tertiary/aromatic N) is 3. The van der Waals surface area contributed by atoms with Gasteiger partial charge in [-0.1, -0.05) is 12.1 Å². The van der Waals surface area contributed by atoms with Gasteiger partial charge in [0.25, 0.3) is 0 Å². The second kappa shape index (κ2) is 7.08. The van der Waals surface area contributed by atoms with Gasteiger partial charge in [-0.15, -0.1) is 0 Å². The molecule has 0 aliphatic carbocycles. The summed E-state index contributed by atoms with van der Waals surface area (Å²) < 4.78 is 33.8. The van der Waals surface area contributed by atoms with Crippen molar-refractivity contribution >= 4 is 17.4 Å². The normalized spacial score (nSPS) is 18.1. The van der Waals surface area contributed by atoms with Crippen molar-refractivity contribution in [2.24, 2.45) is 7.05 Å². The van der Waals surface area contributed by atoms with Crippen LogP contribution in [-0.2, 0) is 11.8 Å². The second-order valence-electron chi connectivity index (χ2n) is 6.62. The van der Waals surface area contributed by atoms with Crippen LogP contribution >= 0.6 is 0 Å². The Bertz CT molecular complexity index is 1110. The van der Waals surface area contributed by atoms with E-state index in [1.165, 1.54) is 35.3 Å². The highest BCUT2D eigenvalue weighted by Gasteiger charge is 2.42. The number of hydrogen-bond acceptors (Lipinski definition) is 6. The van der Waals surface area contributed by atoms with Crippen LogP contribution in [0.25, 0.3) is 0 Å². The lowest BCUT2D eigenvalue weighted by atomic mass is 9.80. The molecule has 1 N–H and O–H groups in total. The number of ether oxygens (including phenoxy) is 1. The lowest BCUT2D eigenvalue weighted by Crippen LogP contribution is -2.35. The third-order valence-electron chi connectivity index (χ3n) is 4.94. The molecule has 9 heteroatoms. The van der Waals surface area contributed by atoms with Gasteiger partial charge in [-0.2, -0.15) is 5.10 Å². The Morgan fingerprint density at radius 3 is 2.52 bits per heavy atom. The van der Waals surface area contributed by atoms with Crippen molar-refractivity contribution in [3.05, 3.63) is 76.9 Å². The molecule has 0 fully saturated rings. The van der Waals surface area contributed by atoms with E-state index in [1.807, 2.05) is 0 Å². The molecule has 148 valence electrons. The minimum atomic E-state index is -0.880. The zero-order chi connectivity index (χ0) is 20.7. The van der Waals surface area contributed by atoms with E-state index in [1.54, 1.807) is 7.05 Å². The van der Waals surface area contributed by atoms with Crippen molar-refractivity contribution in [1.82, 2.24) is 14.8 Å². The van der Waals surface area contributed by atoms with Crippen LogP contribution in [0.3, 0.4) is 0 Å². The van der Waals surface area contributed by atoms with E-state index in [0.29, 0.717) is 11.4 Å². The number of rotatable bonds is 3. The maximum atomic E-state index is 14.2. The summed E-state index contributed by atoms with van der Waals surface area (Å²) in [6, 6.07) is 7.06. The molecule has 2 atom stereocenters. The van der Waals surface area contributed by atoms with Crippen molar-refractivity contribution < 1.29 is 23.1 Å². The maximum Gasteiger partial charge on any atom is 0.338 e. The molecular formula is C20H16F2N4O3. The Balaban J connectivity index is 1.93. The van der Waals surface area contributed by atoms with Crippen LogP contribution in [-0.4, -0.2) is 33.6 Å². The highest BCUT2D eigenvalue weighted by atomic mass is 19.1. The summed E-state index contributed by atoms with van der Waals surface area (Å²) in [5.41, 5.74) is 0.597. The van der Waals surface area contributed by atoms with Gasteiger partial charge >= 0.3 is 5.97 Å². The van der Waals surface area contributed by atoms with Crippen LogP contribution in [0.2, 0.25) is 0 Å². The van der Waals surface area contributed by atoms with Gasteiger partial charge in [0.15, 0.2) is 5.78 Å². The molecular weight excluding hydrogens is 382 g/mol. The average molecular weight is 398 g/mol. The zero-order valence-corrected chi connectivity index (χ0v) is 15.5. The van der Waals surface area contributed by atoms with Crippen LogP contribution < -0.4 is 5.32 Å². The molecule has 2 aromatic carbocycles. The molecule has 0 saturated carbocycles. The SMILES string of the molecule is COC(=O)c1cc(F)cc2c1C(=O)[C@@H](c1ncnn1C)[C@H](c1ccc(F)cc1)N2. The van der Waals surface area contributed by atoms with E-state index < -0.39 is 35.3 Å². The van der Waals surface area contributed by atoms with Crippen molar-refractivity contribution in [2.45, 2.75) is 12.0 Å². The lowest BCUT2D eigenvalue weighted by Gasteiger charge is -2.34. The summed E-state index contributed by atoms with van der Waals surface area (Å²) in [6.45, 7) is 0. The van der Waals surface area contributed by atoms with E-state index in [-0.39, 0.29) is 16.8 Å². The van der Waals surface area contributed by atoms with E-state index in [0.717, 1.165) is 19.2 Å². The Hall–Kier alpha value is -3.62. The van der Waals surface area contributed by atoms with Crippen molar-refractivity contribution in [3.63, 3.8) is 0 Å². The Kier molecular flexibility index (Phi) is 4.57. The maximum absolute atomic E-state index is 14.2. The summed E-state index contributed by atoms with van der Waals surface area (Å²) in [7, 11) is 2.79. The number of Topliss-reactive ketones (excluding diaryl/α,β-unsaturated/α-hetero) is 1. The number of aryl methyl sites for hydroxylation is 1. The van der Waals surface area contributed by atoms with Crippen molar-refractivity contribution in [2.75, 3.05) is 12.4 Å². The lowest BCUT2D eigenvalue weighted by molar-refractivity contribution is 0.0595. The molecule has 0 saturated heterocycles. The number of esters is 1. The second-order valence-corrected chi connectivity index (χ2v) is 6.62. The van der Waals surface area contributed by atoms with Crippen molar-refractivity contribution in [3.8, 4) is 0 Å². The molecule has 0 amide bonds. The molecule has 29 heavy (non-hydrogen) atoms. The number of anilines is 1. The number of methoxy groups -OCH3 is 1. The first-order chi connectivity index (χ1) is 13.9. The first-order valence-corrected chi connectivity index (χ1v) is 8.72. The largest absolute Gasteiger partial charge is 0.465 e. The first-order valence-electron chi connectivity index (χ1n) is 8.72. The van der Waals surface area contributed by atoms with Gasteiger partial charge < -0.3 is 10.1 Å². The quantitative estimate of drug-likeness (QED) is 0.683. The number of benzene rings is 2. The van der Waals surface area contributed by atoms with Crippen LogP contribution in [0.15, 0.2) is 42.7 Å². The van der Waals surface area contributed by atoms with Crippen LogP contribution in [0.5, 0.6) is 0 Å². The molecule has 7 nitrogen and oxygen atoms in total. The standard InChI is InChI=1S/C20H16F2N4O3/c1-26-19(23-9-24-26)16-17(10-3-5-11(21)6-4-10)25-14-8-12(22)7-13(20(28)29-2)15(14)18(16)27/h3-9,16-17,25H,1-2H3/t16-,17-/m0/s1. The molecule has 1 aromatic heterocycles. The number of hydrogen-bond donors (Lipinski definition) is 1. The van der Waals surface area contributed by atoms with E-state index >= 15 is 0 Å². The minimum Gasteiger partial charge on any atom is -0.465 e. The van der Waals surface area contributed by atoms with Crippen LogP contribution in [0.4, 0.5) is 14.5 Å². The molecule has 0 radical (unpaired) electrons. The number of nitrogens with one attached hydrogen (secondary N) is 1. The number of carbonyl (C=O) groups excluding carboxylic acids is 2. The van der Waals surface area contributed by atoms with E-state index in [4.69, 9.17) is 4.74 Å². The number of halogens is 2. The molecule has 1 aliphatic heterocycles. The third kappa shape index (κ3) is 3.14. The third-order valence-corrected chi connectivity index (χ3v) is 4.94. The fourth-order valence-corrected chi connectivity index (χ4v) is 3.61. The molecule has 3 aromatic rings. The summed E-state index contributed by atoms with van der Waals surface area (Å²) in [6.07, 6.45) is 1.31. The topological polar surface area (TPSA) is 86.1 Å². The summed E-state index contributed by atoms with van der Waals surface area (Å²) in [4.78, 5) is 29.9. The average Bonchev–Trinajstić information content (AvgIpc) is 3.12. The number of fused-ring (bicyclic) bond motifs is 1. The number of carbonyl (C=O) groups is 2. The number of ketones is 1. The molecule has 0 unspecified atom stereocenters. The zero-order valence-electron chi connectivity index (χ0n) is 15.5. The number of aromatic nitrogens is 3. The van der Waals surface area contributed by atoms with Crippen molar-refractivity contribution in [1.29, 1.82) is 0 Å². The fraction of sp³-hybridized carbons (Fsp3) is 0.200. The van der Waals surface area contributed by atoms with Crippen LogP contribution in [0.1, 0.15) is 44.1 Å². The molecule has 0 spiro atoms. The first kappa shape index (κ1) is 18.7. The van der Waals surface area contributed by atoms with Gasteiger partial charge in [-0.25, -0.2) is 18.6 Å². The monoisotopic (exact) mass is 398 g/mol. The van der Waals surface area contributed by atoms with E-state index in [2.05, 4.69) is 15.4 Å². The predicted molar refractivity (Wildman–Crippen MR) is 98.6 cm³/mol. The highest BCUT2D eigenvalue weighted by molar-refractivity contribution is 6.14. The molecule has 1 aliphatic rings. The van der Waals surface area contributed by atoms with Gasteiger partial charge in [0.05, 0.1) is 24.3 Å². The Morgan fingerprint density at radius 2 is 1.90 bits per heavy atom. The Labute approximate surface area is 164 Å². The smallest absolute Gasteiger partial charge is 0.338 e. The summed E-state index contributed by atoms with van der Waals surface area (Å²) in [5, 5.41) is 7.14. The van der Waals surface area contributed by atoms with Gasteiger partial charge in [0.2, 0.25) is 0 Å². The molecule has 4 rings (SSSR count). The Morgan fingerprint density at radius 1 is 1.17 bits per heavy atom. The molecule has 2 heterocycles. The summed E-state index contributed by atoms with van der Waals surface area (Å²) in [5.74, 6) is -2.92.